The summed E-state index contributed by atoms with van der Waals surface area (Å²) in [7, 11) is 1.82. The van der Waals surface area contributed by atoms with E-state index in [1.807, 2.05) is 37.4 Å². The van der Waals surface area contributed by atoms with Crippen LogP contribution >= 0.6 is 0 Å². The highest BCUT2D eigenvalue weighted by atomic mass is 16.2. The maximum absolute atomic E-state index is 13.0. The number of aryl methyl sites for hydroxylation is 1. The van der Waals surface area contributed by atoms with E-state index in [1.54, 1.807) is 17.1 Å². The Morgan fingerprint density at radius 1 is 1.15 bits per heavy atom. The molecular weight excluding hydrogens is 346 g/mol. The molecule has 0 saturated carbocycles. The van der Waals surface area contributed by atoms with Crippen LogP contribution in [0.15, 0.2) is 42.9 Å². The molecule has 2 N–H and O–H groups in total. The molecule has 0 spiro atoms. The number of carbonyl (C=O) groups excluding carboxylic acids is 3. The number of imide groups is 1. The van der Waals surface area contributed by atoms with Crippen LogP contribution in [0, 0.1) is 0 Å². The van der Waals surface area contributed by atoms with Gasteiger partial charge in [-0.2, -0.15) is 0 Å². The van der Waals surface area contributed by atoms with Gasteiger partial charge in [-0.25, -0.2) is 9.78 Å². The molecule has 3 atom stereocenters. The predicted molar refractivity (Wildman–Crippen MR) is 96.4 cm³/mol. The summed E-state index contributed by atoms with van der Waals surface area (Å²) in [6, 6.07) is 7.68. The van der Waals surface area contributed by atoms with Crippen LogP contribution in [0.25, 0.3) is 0 Å². The molecule has 0 radical (unpaired) electrons. The average Bonchev–Trinajstić information content (AvgIpc) is 3.19. The van der Waals surface area contributed by atoms with Gasteiger partial charge in [0, 0.05) is 19.9 Å². The van der Waals surface area contributed by atoms with Gasteiger partial charge >= 0.3 is 6.03 Å². The lowest BCUT2D eigenvalue weighted by molar-refractivity contribution is -0.133. The molecule has 8 heteroatoms. The third-order valence-electron chi connectivity index (χ3n) is 5.21. The minimum atomic E-state index is -0.593. The van der Waals surface area contributed by atoms with Crippen molar-refractivity contribution in [2.24, 2.45) is 7.05 Å². The number of amides is 4. The number of nitrogens with zero attached hydrogens (tertiary/aromatic N) is 3. The Labute approximate surface area is 156 Å². The summed E-state index contributed by atoms with van der Waals surface area (Å²) in [6.45, 7) is 0. The highest BCUT2D eigenvalue weighted by Gasteiger charge is 2.47. The molecule has 0 aliphatic carbocycles. The van der Waals surface area contributed by atoms with Crippen LogP contribution in [0.4, 0.5) is 4.79 Å². The molecule has 4 amide bonds. The van der Waals surface area contributed by atoms with Crippen molar-refractivity contribution >= 4 is 17.8 Å². The van der Waals surface area contributed by atoms with Crippen molar-refractivity contribution < 1.29 is 14.4 Å². The zero-order chi connectivity index (χ0) is 19.0. The summed E-state index contributed by atoms with van der Waals surface area (Å²) in [5.74, 6) is -0.345. The number of aromatic nitrogens is 2. The van der Waals surface area contributed by atoms with Crippen LogP contribution in [-0.4, -0.2) is 44.4 Å². The molecule has 1 aromatic carbocycles. The normalized spacial score (nSPS) is 25.4. The van der Waals surface area contributed by atoms with Crippen LogP contribution in [-0.2, 0) is 23.1 Å². The standard InChI is InChI=1S/C19H21N5O3/c1-23-11-20-10-15(23)17-14(7-8-16(25)22-17)24-18(26)13(21-19(24)27)9-12-5-3-2-4-6-12/h2-6,10-11,13-14,17H,7-9H2,1H3,(H,21,27)(H,22,25)/t13?,14-,17-/m1/s1. The summed E-state index contributed by atoms with van der Waals surface area (Å²) < 4.78 is 1.79. The molecule has 1 aromatic heterocycles. The van der Waals surface area contributed by atoms with Gasteiger partial charge in [-0.05, 0) is 12.0 Å². The fourth-order valence-electron chi connectivity index (χ4n) is 3.85. The van der Waals surface area contributed by atoms with E-state index in [0.717, 1.165) is 11.3 Å². The van der Waals surface area contributed by atoms with E-state index in [-0.39, 0.29) is 18.2 Å². The van der Waals surface area contributed by atoms with Crippen molar-refractivity contribution in [1.82, 2.24) is 25.1 Å². The van der Waals surface area contributed by atoms with Gasteiger partial charge in [-0.15, -0.1) is 0 Å². The van der Waals surface area contributed by atoms with E-state index >= 15 is 0 Å². The third kappa shape index (κ3) is 3.18. The number of benzene rings is 1. The van der Waals surface area contributed by atoms with Gasteiger partial charge < -0.3 is 15.2 Å². The van der Waals surface area contributed by atoms with Crippen LogP contribution < -0.4 is 10.6 Å². The molecule has 2 aliphatic heterocycles. The summed E-state index contributed by atoms with van der Waals surface area (Å²) >= 11 is 0. The van der Waals surface area contributed by atoms with E-state index in [1.165, 1.54) is 4.90 Å². The number of rotatable bonds is 4. The summed E-state index contributed by atoms with van der Waals surface area (Å²) in [4.78, 5) is 43.0. The van der Waals surface area contributed by atoms with E-state index in [2.05, 4.69) is 15.6 Å². The van der Waals surface area contributed by atoms with Crippen molar-refractivity contribution in [2.45, 2.75) is 37.4 Å². The maximum Gasteiger partial charge on any atom is 0.325 e. The number of imidazole rings is 1. The van der Waals surface area contributed by atoms with Gasteiger partial charge in [-0.3, -0.25) is 14.5 Å². The number of hydrogen-bond acceptors (Lipinski definition) is 4. The molecule has 0 bridgehead atoms. The average molecular weight is 367 g/mol. The van der Waals surface area contributed by atoms with E-state index < -0.39 is 24.2 Å². The lowest BCUT2D eigenvalue weighted by atomic mass is 9.93. The molecule has 27 heavy (non-hydrogen) atoms. The highest BCUT2D eigenvalue weighted by molar-refractivity contribution is 6.05. The number of urea groups is 1. The summed E-state index contributed by atoms with van der Waals surface area (Å²) in [5, 5.41) is 5.71. The van der Waals surface area contributed by atoms with E-state index in [9.17, 15) is 14.4 Å². The van der Waals surface area contributed by atoms with Crippen LogP contribution in [0.3, 0.4) is 0 Å². The highest BCUT2D eigenvalue weighted by Crippen LogP contribution is 2.30. The Balaban J connectivity index is 1.59. The molecule has 2 saturated heterocycles. The van der Waals surface area contributed by atoms with Crippen molar-refractivity contribution in [3.8, 4) is 0 Å². The van der Waals surface area contributed by atoms with Gasteiger partial charge in [0.1, 0.15) is 6.04 Å². The number of nitrogens with one attached hydrogen (secondary N) is 2. The van der Waals surface area contributed by atoms with Crippen LogP contribution in [0.1, 0.15) is 30.1 Å². The van der Waals surface area contributed by atoms with Gasteiger partial charge in [0.25, 0.3) is 5.91 Å². The monoisotopic (exact) mass is 367 g/mol. The zero-order valence-electron chi connectivity index (χ0n) is 15.0. The lowest BCUT2D eigenvalue weighted by Crippen LogP contribution is -2.53. The Morgan fingerprint density at radius 3 is 2.63 bits per heavy atom. The predicted octanol–water partition coefficient (Wildman–Crippen LogP) is 0.903. The third-order valence-corrected chi connectivity index (χ3v) is 5.21. The summed E-state index contributed by atoms with van der Waals surface area (Å²) in [6.07, 6.45) is 4.44. The fraction of sp³-hybridized carbons (Fsp3) is 0.368. The second-order valence-corrected chi connectivity index (χ2v) is 6.98. The molecular formula is C19H21N5O3. The van der Waals surface area contributed by atoms with Gasteiger partial charge in [0.15, 0.2) is 0 Å². The first kappa shape index (κ1) is 17.3. The van der Waals surface area contributed by atoms with Crippen molar-refractivity contribution in [2.75, 3.05) is 0 Å². The van der Waals surface area contributed by atoms with Crippen molar-refractivity contribution in [1.29, 1.82) is 0 Å². The van der Waals surface area contributed by atoms with E-state index in [0.29, 0.717) is 12.8 Å². The minimum Gasteiger partial charge on any atom is -0.346 e. The van der Waals surface area contributed by atoms with Crippen LogP contribution in [0.2, 0.25) is 0 Å². The van der Waals surface area contributed by atoms with Gasteiger partial charge in [0.2, 0.25) is 5.91 Å². The minimum absolute atomic E-state index is 0.0923. The Hall–Kier alpha value is -3.16. The topological polar surface area (TPSA) is 96.3 Å². The molecule has 2 fully saturated rings. The Kier molecular flexibility index (Phi) is 4.39. The van der Waals surface area contributed by atoms with Crippen molar-refractivity contribution in [3.05, 3.63) is 54.1 Å². The number of piperidine rings is 1. The smallest absolute Gasteiger partial charge is 0.325 e. The van der Waals surface area contributed by atoms with Gasteiger partial charge in [0.05, 0.1) is 30.3 Å². The van der Waals surface area contributed by atoms with Crippen molar-refractivity contribution in [3.63, 3.8) is 0 Å². The molecule has 140 valence electrons. The molecule has 4 rings (SSSR count). The molecule has 2 aliphatic rings. The first-order chi connectivity index (χ1) is 13.0. The Bertz CT molecular complexity index is 878. The van der Waals surface area contributed by atoms with E-state index in [4.69, 9.17) is 0 Å². The van der Waals surface area contributed by atoms with Gasteiger partial charge in [-0.1, -0.05) is 30.3 Å². The largest absolute Gasteiger partial charge is 0.346 e. The second kappa shape index (κ2) is 6.86. The first-order valence-corrected chi connectivity index (χ1v) is 8.97. The molecule has 2 aromatic rings. The lowest BCUT2D eigenvalue weighted by Gasteiger charge is -2.36. The fourth-order valence-corrected chi connectivity index (χ4v) is 3.85. The molecule has 3 heterocycles. The number of carbonyl (C=O) groups is 3. The zero-order valence-corrected chi connectivity index (χ0v) is 15.0. The Morgan fingerprint density at radius 2 is 1.93 bits per heavy atom. The van der Waals surface area contributed by atoms with Crippen LogP contribution in [0.5, 0.6) is 0 Å². The maximum atomic E-state index is 13.0. The summed E-state index contributed by atoms with van der Waals surface area (Å²) in [5.41, 5.74) is 1.75. The quantitative estimate of drug-likeness (QED) is 0.785. The molecule has 8 nitrogen and oxygen atoms in total. The SMILES string of the molecule is Cn1cncc1[C@@H]1NC(=O)CC[C@H]1N1C(=O)NC(Cc2ccccc2)C1=O. The molecule has 1 unspecified atom stereocenters. The number of hydrogen-bond donors (Lipinski definition) is 2. The second-order valence-electron chi connectivity index (χ2n) is 6.98. The first-order valence-electron chi connectivity index (χ1n) is 8.97.